The van der Waals surface area contributed by atoms with E-state index in [1.54, 1.807) is 25.4 Å². The molecule has 0 bridgehead atoms. The molecule has 4 rings (SSSR count). The Morgan fingerprint density at radius 1 is 1.08 bits per heavy atom. The summed E-state index contributed by atoms with van der Waals surface area (Å²) in [4.78, 5) is 37.1. The number of likely N-dealkylation sites (tertiary alicyclic amines) is 1. The van der Waals surface area contributed by atoms with Crippen LogP contribution < -0.4 is 4.74 Å². The van der Waals surface area contributed by atoms with E-state index in [1.807, 2.05) is 48.2 Å². The van der Waals surface area contributed by atoms with Crippen LogP contribution in [0.15, 0.2) is 59.5 Å². The zero-order chi connectivity index (χ0) is 26.7. The SMILES string of the molecule is CCOC(=O)/C(=C/c1ccc(OCCON=C(C)c2cccnc2)cc1)CC(=O)N1C[C@H]2CCCC[C@H]2C1. The fourth-order valence-corrected chi connectivity index (χ4v) is 5.12. The van der Waals surface area contributed by atoms with Gasteiger partial charge in [0.2, 0.25) is 5.91 Å². The number of fused-ring (bicyclic) bond motifs is 1. The number of nitrogens with zero attached hydrogens (tertiary/aromatic N) is 3. The predicted molar refractivity (Wildman–Crippen MR) is 146 cm³/mol. The van der Waals surface area contributed by atoms with Crippen molar-refractivity contribution in [3.8, 4) is 5.75 Å². The Labute approximate surface area is 224 Å². The van der Waals surface area contributed by atoms with Gasteiger partial charge in [0.25, 0.3) is 0 Å². The Balaban J connectivity index is 1.30. The van der Waals surface area contributed by atoms with E-state index in [-0.39, 0.29) is 18.9 Å². The number of rotatable bonds is 11. The normalized spacial score (nSPS) is 19.6. The van der Waals surface area contributed by atoms with Crippen molar-refractivity contribution >= 4 is 23.7 Å². The van der Waals surface area contributed by atoms with Crippen LogP contribution in [0.2, 0.25) is 0 Å². The van der Waals surface area contributed by atoms with E-state index in [1.165, 1.54) is 25.7 Å². The first-order valence-electron chi connectivity index (χ1n) is 13.5. The first-order valence-corrected chi connectivity index (χ1v) is 13.5. The van der Waals surface area contributed by atoms with E-state index in [9.17, 15) is 9.59 Å². The van der Waals surface area contributed by atoms with Crippen LogP contribution in [0.3, 0.4) is 0 Å². The second-order valence-electron chi connectivity index (χ2n) is 9.84. The van der Waals surface area contributed by atoms with Gasteiger partial charge in [0, 0.05) is 36.6 Å². The molecule has 0 N–H and O–H groups in total. The molecule has 2 aliphatic rings. The highest BCUT2D eigenvalue weighted by molar-refractivity contribution is 5.99. The molecule has 0 unspecified atom stereocenters. The largest absolute Gasteiger partial charge is 0.490 e. The topological polar surface area (TPSA) is 90.3 Å². The highest BCUT2D eigenvalue weighted by Gasteiger charge is 2.36. The average Bonchev–Trinajstić information content (AvgIpc) is 3.38. The molecule has 0 spiro atoms. The highest BCUT2D eigenvalue weighted by Crippen LogP contribution is 2.36. The number of hydrogen-bond donors (Lipinski definition) is 0. The smallest absolute Gasteiger partial charge is 0.334 e. The molecule has 1 aromatic heterocycles. The van der Waals surface area contributed by atoms with Gasteiger partial charge >= 0.3 is 5.97 Å². The minimum absolute atomic E-state index is 0.0000737. The molecule has 202 valence electrons. The number of hydrogen-bond acceptors (Lipinski definition) is 7. The van der Waals surface area contributed by atoms with Crippen molar-refractivity contribution in [1.29, 1.82) is 0 Å². The van der Waals surface area contributed by atoms with Crippen LogP contribution in [0.25, 0.3) is 6.08 Å². The lowest BCUT2D eigenvalue weighted by Crippen LogP contribution is -2.30. The molecule has 38 heavy (non-hydrogen) atoms. The van der Waals surface area contributed by atoms with Crippen molar-refractivity contribution in [2.45, 2.75) is 46.0 Å². The van der Waals surface area contributed by atoms with Crippen molar-refractivity contribution in [3.05, 3.63) is 65.5 Å². The van der Waals surface area contributed by atoms with E-state index in [4.69, 9.17) is 14.3 Å². The Bertz CT molecular complexity index is 1120. The summed E-state index contributed by atoms with van der Waals surface area (Å²) in [6.45, 7) is 6.14. The van der Waals surface area contributed by atoms with Gasteiger partial charge in [0.05, 0.1) is 18.7 Å². The number of carbonyl (C=O) groups is 2. The predicted octanol–water partition coefficient (Wildman–Crippen LogP) is 4.89. The van der Waals surface area contributed by atoms with Gasteiger partial charge in [-0.3, -0.25) is 9.78 Å². The van der Waals surface area contributed by atoms with Gasteiger partial charge in [-0.15, -0.1) is 0 Å². The van der Waals surface area contributed by atoms with Crippen molar-refractivity contribution < 1.29 is 23.9 Å². The van der Waals surface area contributed by atoms with E-state index in [2.05, 4.69) is 10.1 Å². The first-order chi connectivity index (χ1) is 18.5. The fourth-order valence-electron chi connectivity index (χ4n) is 5.12. The van der Waals surface area contributed by atoms with E-state index in [0.717, 1.165) is 29.9 Å². The molecular weight excluding hydrogens is 482 g/mol. The van der Waals surface area contributed by atoms with Crippen LogP contribution in [0.4, 0.5) is 0 Å². The molecule has 2 fully saturated rings. The molecule has 2 heterocycles. The molecule has 1 saturated heterocycles. The van der Waals surface area contributed by atoms with Crippen LogP contribution >= 0.6 is 0 Å². The standard InChI is InChI=1S/C30H37N3O5/c1-3-36-30(35)27(18-29(34)33-20-25-7-4-5-8-26(25)21-33)17-23-10-12-28(13-11-23)37-15-16-38-32-22(2)24-9-6-14-31-19-24/h6,9-14,17,19,25-26H,3-5,7-8,15-16,18,20-21H2,1-2H3/b27-17+,32-22?/t25-,26+. The van der Waals surface area contributed by atoms with Crippen LogP contribution in [-0.4, -0.2) is 60.4 Å². The van der Waals surface area contributed by atoms with Crippen LogP contribution in [0, 0.1) is 11.8 Å². The minimum atomic E-state index is -0.447. The second-order valence-corrected chi connectivity index (χ2v) is 9.84. The number of pyridine rings is 1. The molecular formula is C30H37N3O5. The van der Waals surface area contributed by atoms with Gasteiger partial charge < -0.3 is 19.2 Å². The van der Waals surface area contributed by atoms with Crippen molar-refractivity contribution in [1.82, 2.24) is 9.88 Å². The molecule has 2 aromatic rings. The lowest BCUT2D eigenvalue weighted by molar-refractivity contribution is -0.140. The van der Waals surface area contributed by atoms with Crippen molar-refractivity contribution in [2.75, 3.05) is 32.9 Å². The second kappa shape index (κ2) is 13.7. The van der Waals surface area contributed by atoms with E-state index in [0.29, 0.717) is 36.4 Å². The van der Waals surface area contributed by atoms with Gasteiger partial charge in [-0.05, 0) is 74.4 Å². The fraction of sp³-hybridized carbons (Fsp3) is 0.467. The average molecular weight is 520 g/mol. The van der Waals surface area contributed by atoms with E-state index >= 15 is 0 Å². The third-order valence-corrected chi connectivity index (χ3v) is 7.15. The van der Waals surface area contributed by atoms with Gasteiger partial charge in [-0.1, -0.05) is 30.1 Å². The maximum Gasteiger partial charge on any atom is 0.334 e. The summed E-state index contributed by atoms with van der Waals surface area (Å²) < 4.78 is 11.0. The first kappa shape index (κ1) is 27.4. The molecule has 1 aliphatic carbocycles. The van der Waals surface area contributed by atoms with Gasteiger partial charge in [0.15, 0.2) is 6.61 Å². The summed E-state index contributed by atoms with van der Waals surface area (Å²) in [5.74, 6) is 1.44. The lowest BCUT2D eigenvalue weighted by atomic mass is 9.82. The third-order valence-electron chi connectivity index (χ3n) is 7.15. The van der Waals surface area contributed by atoms with E-state index < -0.39 is 5.97 Å². The molecule has 1 amide bonds. The molecule has 0 radical (unpaired) electrons. The summed E-state index contributed by atoms with van der Waals surface area (Å²) >= 11 is 0. The van der Waals surface area contributed by atoms with Gasteiger partial charge in [-0.25, -0.2) is 4.79 Å². The lowest BCUT2D eigenvalue weighted by Gasteiger charge is -2.22. The summed E-state index contributed by atoms with van der Waals surface area (Å²) in [6.07, 6.45) is 10.1. The number of oxime groups is 1. The molecule has 8 nitrogen and oxygen atoms in total. The molecule has 2 atom stereocenters. The third kappa shape index (κ3) is 7.66. The summed E-state index contributed by atoms with van der Waals surface area (Å²) in [5.41, 5.74) is 2.82. The summed E-state index contributed by atoms with van der Waals surface area (Å²) in [6, 6.07) is 11.1. The quantitative estimate of drug-likeness (QED) is 0.138. The van der Waals surface area contributed by atoms with Crippen molar-refractivity contribution in [2.24, 2.45) is 17.0 Å². The van der Waals surface area contributed by atoms with Crippen LogP contribution in [-0.2, 0) is 19.2 Å². The number of aromatic nitrogens is 1. The zero-order valence-electron chi connectivity index (χ0n) is 22.3. The monoisotopic (exact) mass is 519 g/mol. The Kier molecular flexibility index (Phi) is 9.90. The van der Waals surface area contributed by atoms with Gasteiger partial charge in [-0.2, -0.15) is 0 Å². The Hall–Kier alpha value is -3.68. The Morgan fingerprint density at radius 2 is 1.82 bits per heavy atom. The zero-order valence-corrected chi connectivity index (χ0v) is 22.3. The summed E-state index contributed by atoms with van der Waals surface area (Å²) in [5, 5.41) is 4.09. The van der Waals surface area contributed by atoms with Crippen LogP contribution in [0.1, 0.15) is 57.1 Å². The number of amides is 1. The Morgan fingerprint density at radius 3 is 2.47 bits per heavy atom. The maximum absolute atomic E-state index is 13.1. The number of esters is 1. The van der Waals surface area contributed by atoms with Crippen LogP contribution in [0.5, 0.6) is 5.75 Å². The van der Waals surface area contributed by atoms with Crippen molar-refractivity contribution in [3.63, 3.8) is 0 Å². The summed E-state index contributed by atoms with van der Waals surface area (Å²) in [7, 11) is 0. The number of benzene rings is 1. The molecule has 1 aromatic carbocycles. The van der Waals surface area contributed by atoms with Gasteiger partial charge in [0.1, 0.15) is 12.4 Å². The number of carbonyl (C=O) groups excluding carboxylic acids is 2. The number of ether oxygens (including phenoxy) is 2. The maximum atomic E-state index is 13.1. The highest BCUT2D eigenvalue weighted by atomic mass is 16.6. The minimum Gasteiger partial charge on any atom is -0.490 e. The molecule has 1 saturated carbocycles. The molecule has 1 aliphatic heterocycles. The molecule has 8 heteroatoms.